The Kier molecular flexibility index (Phi) is 4.98. The second kappa shape index (κ2) is 6.39. The topological polar surface area (TPSA) is 81.4 Å². The van der Waals surface area contributed by atoms with Crippen molar-refractivity contribution in [1.29, 1.82) is 0 Å². The maximum Gasteiger partial charge on any atom is 0.240 e. The molecule has 1 aliphatic rings. The lowest BCUT2D eigenvalue weighted by Crippen LogP contribution is -2.40. The van der Waals surface area contributed by atoms with Crippen LogP contribution < -0.4 is 10.5 Å². The molecular formula is C14H21FN2O3S. The summed E-state index contributed by atoms with van der Waals surface area (Å²) in [4.78, 5) is 0.0340. The van der Waals surface area contributed by atoms with Gasteiger partial charge in [-0.05, 0) is 44.4 Å². The van der Waals surface area contributed by atoms with Crippen LogP contribution in [0.25, 0.3) is 0 Å². The van der Waals surface area contributed by atoms with E-state index in [9.17, 15) is 12.8 Å². The number of halogens is 1. The fourth-order valence-electron chi connectivity index (χ4n) is 2.50. The smallest absolute Gasteiger partial charge is 0.240 e. The molecule has 0 amide bonds. The average Bonchev–Trinajstić information content (AvgIpc) is 2.95. The molecule has 118 valence electrons. The molecule has 0 aromatic heterocycles. The van der Waals surface area contributed by atoms with E-state index < -0.39 is 15.8 Å². The van der Waals surface area contributed by atoms with Crippen LogP contribution in [0.1, 0.15) is 30.9 Å². The minimum atomic E-state index is -3.72. The Morgan fingerprint density at radius 2 is 2.24 bits per heavy atom. The zero-order chi connectivity index (χ0) is 15.6. The summed E-state index contributed by atoms with van der Waals surface area (Å²) in [5.74, 6) is -0.455. The lowest BCUT2D eigenvalue weighted by molar-refractivity contribution is 0.0902. The first kappa shape index (κ1) is 16.4. The molecule has 2 atom stereocenters. The van der Waals surface area contributed by atoms with E-state index >= 15 is 0 Å². The summed E-state index contributed by atoms with van der Waals surface area (Å²) in [5, 5.41) is 0. The summed E-state index contributed by atoms with van der Waals surface area (Å²) in [6, 6.07) is 2.27. The Balaban J connectivity index is 2.24. The molecule has 1 saturated heterocycles. The Bertz CT molecular complexity index is 613. The fourth-order valence-corrected chi connectivity index (χ4v) is 3.90. The maximum absolute atomic E-state index is 13.8. The van der Waals surface area contributed by atoms with Crippen LogP contribution in [0.5, 0.6) is 0 Å². The third-order valence-corrected chi connectivity index (χ3v) is 5.24. The van der Waals surface area contributed by atoms with Crippen molar-refractivity contribution in [1.82, 2.24) is 4.72 Å². The van der Waals surface area contributed by atoms with Crippen LogP contribution in [-0.2, 0) is 21.3 Å². The van der Waals surface area contributed by atoms with E-state index in [1.54, 1.807) is 6.92 Å². The van der Waals surface area contributed by atoms with Crippen LogP contribution in [-0.4, -0.2) is 27.2 Å². The van der Waals surface area contributed by atoms with E-state index in [1.165, 1.54) is 19.1 Å². The largest absolute Gasteiger partial charge is 0.377 e. The lowest BCUT2D eigenvalue weighted by Gasteiger charge is -2.20. The molecule has 0 saturated carbocycles. The molecular weight excluding hydrogens is 295 g/mol. The third kappa shape index (κ3) is 3.60. The van der Waals surface area contributed by atoms with Gasteiger partial charge in [-0.2, -0.15) is 0 Å². The van der Waals surface area contributed by atoms with Gasteiger partial charge in [0.25, 0.3) is 0 Å². The minimum absolute atomic E-state index is 0.0340. The highest BCUT2D eigenvalue weighted by Crippen LogP contribution is 2.21. The molecule has 1 aliphatic heterocycles. The van der Waals surface area contributed by atoms with Gasteiger partial charge in [0, 0.05) is 24.8 Å². The van der Waals surface area contributed by atoms with Crippen molar-refractivity contribution in [3.05, 3.63) is 29.1 Å². The third-order valence-electron chi connectivity index (χ3n) is 3.70. The van der Waals surface area contributed by atoms with Gasteiger partial charge in [0.05, 0.1) is 11.0 Å². The summed E-state index contributed by atoms with van der Waals surface area (Å²) in [6.07, 6.45) is 1.65. The maximum atomic E-state index is 13.8. The summed E-state index contributed by atoms with van der Waals surface area (Å²) >= 11 is 0. The molecule has 1 aromatic rings. The number of hydrogen-bond acceptors (Lipinski definition) is 4. The molecule has 2 unspecified atom stereocenters. The van der Waals surface area contributed by atoms with E-state index in [1.807, 2.05) is 0 Å². The molecule has 0 spiro atoms. The number of benzene rings is 1. The van der Waals surface area contributed by atoms with Crippen LogP contribution in [0.3, 0.4) is 0 Å². The normalized spacial score (nSPS) is 20.7. The van der Waals surface area contributed by atoms with Gasteiger partial charge in [0.1, 0.15) is 5.82 Å². The zero-order valence-corrected chi connectivity index (χ0v) is 13.0. The molecule has 3 N–H and O–H groups in total. The van der Waals surface area contributed by atoms with Gasteiger partial charge in [0.2, 0.25) is 10.0 Å². The van der Waals surface area contributed by atoms with Gasteiger partial charge in [-0.3, -0.25) is 0 Å². The number of rotatable bonds is 5. The first-order chi connectivity index (χ1) is 9.85. The first-order valence-electron chi connectivity index (χ1n) is 6.98. The van der Waals surface area contributed by atoms with Crippen molar-refractivity contribution in [2.24, 2.45) is 5.73 Å². The van der Waals surface area contributed by atoms with Crippen LogP contribution in [0.2, 0.25) is 0 Å². The molecule has 5 nitrogen and oxygen atoms in total. The molecule has 0 aliphatic carbocycles. The highest BCUT2D eigenvalue weighted by Gasteiger charge is 2.27. The second-order valence-corrected chi connectivity index (χ2v) is 7.09. The predicted molar refractivity (Wildman–Crippen MR) is 77.8 cm³/mol. The molecule has 2 rings (SSSR count). The zero-order valence-electron chi connectivity index (χ0n) is 12.2. The molecule has 1 aromatic carbocycles. The summed E-state index contributed by atoms with van der Waals surface area (Å²) < 4.78 is 46.6. The van der Waals surface area contributed by atoms with Crippen molar-refractivity contribution in [2.45, 2.75) is 50.3 Å². The molecule has 7 heteroatoms. The van der Waals surface area contributed by atoms with Gasteiger partial charge in [-0.1, -0.05) is 0 Å². The Labute approximate surface area is 124 Å². The minimum Gasteiger partial charge on any atom is -0.377 e. The van der Waals surface area contributed by atoms with Gasteiger partial charge >= 0.3 is 0 Å². The van der Waals surface area contributed by atoms with Crippen molar-refractivity contribution in [3.8, 4) is 0 Å². The molecule has 1 fully saturated rings. The van der Waals surface area contributed by atoms with Crippen LogP contribution >= 0.6 is 0 Å². The average molecular weight is 316 g/mol. The van der Waals surface area contributed by atoms with Crippen LogP contribution in [0.4, 0.5) is 4.39 Å². The lowest BCUT2D eigenvalue weighted by atomic mass is 10.1. The summed E-state index contributed by atoms with van der Waals surface area (Å²) in [6.45, 7) is 3.91. The highest BCUT2D eigenvalue weighted by molar-refractivity contribution is 7.89. The fraction of sp³-hybridized carbons (Fsp3) is 0.571. The van der Waals surface area contributed by atoms with Gasteiger partial charge in [-0.25, -0.2) is 17.5 Å². The highest BCUT2D eigenvalue weighted by atomic mass is 32.2. The molecule has 0 bridgehead atoms. The number of sulfonamides is 1. The predicted octanol–water partition coefficient (Wildman–Crippen LogP) is 1.44. The van der Waals surface area contributed by atoms with Crippen molar-refractivity contribution >= 4 is 10.0 Å². The summed E-state index contributed by atoms with van der Waals surface area (Å²) in [7, 11) is -3.72. The SMILES string of the molecule is Cc1cc(S(=O)(=O)NC(C)C2CCCO2)cc(CN)c1F. The number of ether oxygens (including phenoxy) is 1. The second-order valence-electron chi connectivity index (χ2n) is 5.38. The number of nitrogens with one attached hydrogen (secondary N) is 1. The van der Waals surface area contributed by atoms with Crippen molar-refractivity contribution < 1.29 is 17.5 Å². The van der Waals surface area contributed by atoms with Crippen LogP contribution in [0, 0.1) is 12.7 Å². The Hall–Kier alpha value is -1.02. The van der Waals surface area contributed by atoms with E-state index in [4.69, 9.17) is 10.5 Å². The summed E-state index contributed by atoms with van der Waals surface area (Å²) in [5.41, 5.74) is 5.92. The van der Waals surface area contributed by atoms with Crippen molar-refractivity contribution in [2.75, 3.05) is 6.61 Å². The molecule has 0 radical (unpaired) electrons. The number of nitrogens with two attached hydrogens (primary N) is 1. The number of hydrogen-bond donors (Lipinski definition) is 2. The van der Waals surface area contributed by atoms with E-state index in [0.29, 0.717) is 6.61 Å². The number of aryl methyl sites for hydroxylation is 1. The first-order valence-corrected chi connectivity index (χ1v) is 8.46. The van der Waals surface area contributed by atoms with Crippen molar-refractivity contribution in [3.63, 3.8) is 0 Å². The Morgan fingerprint density at radius 1 is 1.52 bits per heavy atom. The van der Waals surface area contributed by atoms with E-state index in [2.05, 4.69) is 4.72 Å². The quantitative estimate of drug-likeness (QED) is 0.861. The van der Waals surface area contributed by atoms with Gasteiger partial charge < -0.3 is 10.5 Å². The van der Waals surface area contributed by atoms with Crippen LogP contribution in [0.15, 0.2) is 17.0 Å². The van der Waals surface area contributed by atoms with E-state index in [0.717, 1.165) is 12.8 Å². The van der Waals surface area contributed by atoms with Gasteiger partial charge in [-0.15, -0.1) is 0 Å². The van der Waals surface area contributed by atoms with E-state index in [-0.39, 0.29) is 34.7 Å². The molecule has 21 heavy (non-hydrogen) atoms. The van der Waals surface area contributed by atoms with Gasteiger partial charge in [0.15, 0.2) is 0 Å². The molecule has 1 heterocycles. The Morgan fingerprint density at radius 3 is 2.81 bits per heavy atom. The standard InChI is InChI=1S/C14H21FN2O3S/c1-9-6-12(7-11(8-16)14(9)15)21(18,19)17-10(2)13-4-3-5-20-13/h6-7,10,13,17H,3-5,8,16H2,1-2H3. The monoisotopic (exact) mass is 316 g/mol.